The van der Waals surface area contributed by atoms with Gasteiger partial charge in [0.05, 0.1) is 6.16 Å². The van der Waals surface area contributed by atoms with Crippen LogP contribution in [-0.4, -0.2) is 6.16 Å². The number of benzene rings is 3. The van der Waals surface area contributed by atoms with E-state index in [1.807, 2.05) is 0 Å². The van der Waals surface area contributed by atoms with Crippen molar-refractivity contribution in [2.75, 3.05) is 6.16 Å². The van der Waals surface area contributed by atoms with E-state index < -0.39 is 7.26 Å². The molecule has 0 aliphatic carbocycles. The zero-order valence-electron chi connectivity index (χ0n) is 14.9. The van der Waals surface area contributed by atoms with Gasteiger partial charge in [0.1, 0.15) is 23.2 Å². The predicted molar refractivity (Wildman–Crippen MR) is 114 cm³/mol. The Morgan fingerprint density at radius 3 is 1.36 bits per heavy atom. The molecule has 1 heteroatoms. The molecule has 0 saturated carbocycles. The molecule has 0 fully saturated rings. The van der Waals surface area contributed by atoms with Crippen LogP contribution in [0, 0.1) is 0 Å². The van der Waals surface area contributed by atoms with E-state index in [9.17, 15) is 0 Å². The van der Waals surface area contributed by atoms with Crippen LogP contribution < -0.4 is 15.9 Å². The smallest absolute Gasteiger partial charge is 0.0887 e. The predicted octanol–water partition coefficient (Wildman–Crippen LogP) is 5.34. The summed E-state index contributed by atoms with van der Waals surface area (Å²) in [5.74, 6) is 0. The number of hydrogen-bond donors (Lipinski definition) is 0. The summed E-state index contributed by atoms with van der Waals surface area (Å²) in [4.78, 5) is 0. The van der Waals surface area contributed by atoms with Gasteiger partial charge in [0.25, 0.3) is 0 Å². The summed E-state index contributed by atoms with van der Waals surface area (Å²) < 4.78 is 0. The maximum Gasteiger partial charge on any atom is 0.112 e. The van der Waals surface area contributed by atoms with E-state index in [1.54, 1.807) is 0 Å². The Bertz CT molecular complexity index is 679. The van der Waals surface area contributed by atoms with Crippen molar-refractivity contribution in [2.45, 2.75) is 19.8 Å². The molecule has 25 heavy (non-hydrogen) atoms. The highest BCUT2D eigenvalue weighted by Gasteiger charge is 2.44. The summed E-state index contributed by atoms with van der Waals surface area (Å²) in [6.07, 6.45) is 8.02. The first-order chi connectivity index (χ1) is 12.4. The molecule has 3 rings (SSSR count). The van der Waals surface area contributed by atoms with Crippen LogP contribution in [0.15, 0.2) is 103 Å². The Hall–Kier alpha value is -2.17. The minimum absolute atomic E-state index is 1.10. The van der Waals surface area contributed by atoms with Crippen LogP contribution in [0.1, 0.15) is 19.8 Å². The van der Waals surface area contributed by atoms with E-state index in [0.29, 0.717) is 0 Å². The minimum atomic E-state index is -1.64. The third-order valence-corrected chi connectivity index (χ3v) is 9.09. The number of rotatable bonds is 7. The molecule has 0 spiro atoms. The maximum atomic E-state index is 2.35. The molecule has 0 N–H and O–H groups in total. The molecule has 0 atom stereocenters. The van der Waals surface area contributed by atoms with Crippen LogP contribution in [0.2, 0.25) is 0 Å². The molecule has 126 valence electrons. The largest absolute Gasteiger partial charge is 0.112 e. The molecule has 0 bridgehead atoms. The van der Waals surface area contributed by atoms with Crippen molar-refractivity contribution in [3.05, 3.63) is 103 Å². The van der Waals surface area contributed by atoms with Gasteiger partial charge in [0, 0.05) is 6.42 Å². The lowest BCUT2D eigenvalue weighted by atomic mass is 10.3. The van der Waals surface area contributed by atoms with Crippen molar-refractivity contribution in [2.24, 2.45) is 0 Å². The Kier molecular flexibility index (Phi) is 6.20. The molecule has 3 aromatic rings. The first-order valence-corrected chi connectivity index (χ1v) is 11.1. The monoisotopic (exact) mass is 345 g/mol. The highest BCUT2D eigenvalue weighted by Crippen LogP contribution is 2.55. The SMILES string of the molecule is CC/C=C\CC[P+](c1ccccc1)(c1ccccc1)c1ccccc1. The fourth-order valence-corrected chi connectivity index (χ4v) is 7.68. The topological polar surface area (TPSA) is 0 Å². The Balaban J connectivity index is 2.18. The van der Waals surface area contributed by atoms with Gasteiger partial charge in [0.15, 0.2) is 0 Å². The van der Waals surface area contributed by atoms with Gasteiger partial charge in [0.2, 0.25) is 0 Å². The lowest BCUT2D eigenvalue weighted by Crippen LogP contribution is -2.33. The van der Waals surface area contributed by atoms with Gasteiger partial charge in [-0.1, -0.05) is 73.7 Å². The summed E-state index contributed by atoms with van der Waals surface area (Å²) in [7, 11) is -1.64. The molecule has 0 aliphatic rings. The van der Waals surface area contributed by atoms with Gasteiger partial charge in [-0.05, 0) is 42.8 Å². The molecular formula is C24H26P+. The first kappa shape index (κ1) is 17.6. The van der Waals surface area contributed by atoms with Gasteiger partial charge in [-0.3, -0.25) is 0 Å². The lowest BCUT2D eigenvalue weighted by molar-refractivity contribution is 1.16. The molecule has 0 unspecified atom stereocenters. The third kappa shape index (κ3) is 3.91. The van der Waals surface area contributed by atoms with Gasteiger partial charge >= 0.3 is 0 Å². The summed E-state index contributed by atoms with van der Waals surface area (Å²) >= 11 is 0. The van der Waals surface area contributed by atoms with E-state index in [-0.39, 0.29) is 0 Å². The van der Waals surface area contributed by atoms with Crippen LogP contribution in [0.25, 0.3) is 0 Å². The standard InChI is InChI=1S/C24H26P/c1-2-3-4-14-21-25(22-15-8-5-9-16-22,23-17-10-6-11-18-23)24-19-12-7-13-20-24/h3-13,15-20H,2,14,21H2,1H3/q+1/b4-3-. The average Bonchev–Trinajstić information content (AvgIpc) is 2.70. The molecule has 0 nitrogen and oxygen atoms in total. The highest BCUT2D eigenvalue weighted by molar-refractivity contribution is 7.95. The van der Waals surface area contributed by atoms with Crippen LogP contribution in [0.4, 0.5) is 0 Å². The third-order valence-electron chi connectivity index (χ3n) is 4.62. The molecule has 0 aromatic heterocycles. The van der Waals surface area contributed by atoms with Crippen molar-refractivity contribution < 1.29 is 0 Å². The van der Waals surface area contributed by atoms with Gasteiger partial charge < -0.3 is 0 Å². The molecule has 0 amide bonds. The molecule has 0 radical (unpaired) electrons. The van der Waals surface area contributed by atoms with E-state index in [1.165, 1.54) is 22.1 Å². The zero-order valence-corrected chi connectivity index (χ0v) is 15.8. The summed E-state index contributed by atoms with van der Waals surface area (Å²) in [5.41, 5.74) is 0. The van der Waals surface area contributed by atoms with E-state index >= 15 is 0 Å². The van der Waals surface area contributed by atoms with Crippen molar-refractivity contribution in [3.63, 3.8) is 0 Å². The minimum Gasteiger partial charge on any atom is -0.0887 e. The fraction of sp³-hybridized carbons (Fsp3) is 0.167. The molecule has 0 saturated heterocycles. The molecule has 0 heterocycles. The first-order valence-electron chi connectivity index (χ1n) is 9.08. The number of hydrogen-bond acceptors (Lipinski definition) is 0. The second-order valence-electron chi connectivity index (χ2n) is 6.21. The summed E-state index contributed by atoms with van der Waals surface area (Å²) in [6.45, 7) is 2.20. The van der Waals surface area contributed by atoms with E-state index in [0.717, 1.165) is 12.8 Å². The van der Waals surface area contributed by atoms with Crippen molar-refractivity contribution in [3.8, 4) is 0 Å². The normalized spacial score (nSPS) is 11.7. The molecule has 3 aromatic carbocycles. The fourth-order valence-electron chi connectivity index (χ4n) is 3.43. The second-order valence-corrected chi connectivity index (χ2v) is 9.82. The second kappa shape index (κ2) is 8.79. The van der Waals surface area contributed by atoms with Gasteiger partial charge in [-0.15, -0.1) is 0 Å². The van der Waals surface area contributed by atoms with Gasteiger partial charge in [-0.25, -0.2) is 0 Å². The van der Waals surface area contributed by atoms with Crippen LogP contribution >= 0.6 is 7.26 Å². The molecule has 0 aliphatic heterocycles. The van der Waals surface area contributed by atoms with Crippen LogP contribution in [0.3, 0.4) is 0 Å². The van der Waals surface area contributed by atoms with E-state index in [2.05, 4.69) is 110 Å². The van der Waals surface area contributed by atoms with Crippen molar-refractivity contribution >= 4 is 23.2 Å². The lowest BCUT2D eigenvalue weighted by Gasteiger charge is -2.27. The van der Waals surface area contributed by atoms with Crippen molar-refractivity contribution in [1.29, 1.82) is 0 Å². The Morgan fingerprint density at radius 1 is 0.600 bits per heavy atom. The Morgan fingerprint density at radius 2 is 1.00 bits per heavy atom. The van der Waals surface area contributed by atoms with Gasteiger partial charge in [-0.2, -0.15) is 0 Å². The molecular weight excluding hydrogens is 319 g/mol. The van der Waals surface area contributed by atoms with E-state index in [4.69, 9.17) is 0 Å². The Labute approximate surface area is 152 Å². The quantitative estimate of drug-likeness (QED) is 0.401. The van der Waals surface area contributed by atoms with Crippen LogP contribution in [0.5, 0.6) is 0 Å². The van der Waals surface area contributed by atoms with Crippen molar-refractivity contribution in [1.82, 2.24) is 0 Å². The number of allylic oxidation sites excluding steroid dienone is 2. The summed E-state index contributed by atoms with van der Waals surface area (Å²) in [5, 5.41) is 4.41. The average molecular weight is 345 g/mol. The van der Waals surface area contributed by atoms with Crippen LogP contribution in [-0.2, 0) is 0 Å². The summed E-state index contributed by atoms with van der Waals surface area (Å²) in [6, 6.07) is 33.3. The maximum absolute atomic E-state index is 2.35. The highest BCUT2D eigenvalue weighted by atomic mass is 31.2. The zero-order chi connectivity index (χ0) is 17.4.